The average Bonchev–Trinajstić information content (AvgIpc) is 3.75. The van der Waals surface area contributed by atoms with Crippen molar-refractivity contribution in [3.05, 3.63) is 124 Å². The summed E-state index contributed by atoms with van der Waals surface area (Å²) >= 11 is 0. The van der Waals surface area contributed by atoms with E-state index in [2.05, 4.69) is 44.3 Å². The number of carboxylic acid groups (broad SMARTS) is 2. The molecule has 20 heteroatoms. The van der Waals surface area contributed by atoms with Gasteiger partial charge in [0.2, 0.25) is 10.0 Å². The number of aryl methyl sites for hydroxylation is 1. The van der Waals surface area contributed by atoms with Gasteiger partial charge in [0.25, 0.3) is 5.56 Å². The zero-order chi connectivity index (χ0) is 50.8. The second-order valence-corrected chi connectivity index (χ2v) is 18.4. The molecule has 0 aliphatic carbocycles. The lowest BCUT2D eigenvalue weighted by molar-refractivity contribution is -0.143. The molecule has 0 bridgehead atoms. The Hall–Kier alpha value is -6.71. The van der Waals surface area contributed by atoms with Gasteiger partial charge in [-0.05, 0) is 74.3 Å². The number of pyridine rings is 1. The number of aromatic amines is 1. The van der Waals surface area contributed by atoms with Crippen LogP contribution in [0, 0.1) is 0 Å². The van der Waals surface area contributed by atoms with Crippen LogP contribution in [0.2, 0.25) is 0 Å². The largest absolute Gasteiger partial charge is 0.493 e. The van der Waals surface area contributed by atoms with Crippen molar-refractivity contribution in [1.82, 2.24) is 39.3 Å². The highest BCUT2D eigenvalue weighted by molar-refractivity contribution is 7.89. The van der Waals surface area contributed by atoms with E-state index in [4.69, 9.17) is 34.1 Å². The van der Waals surface area contributed by atoms with Gasteiger partial charge < -0.3 is 44.4 Å². The number of para-hydroxylation sites is 2. The first-order valence-corrected chi connectivity index (χ1v) is 25.4. The normalized spacial score (nSPS) is 15.6. The van der Waals surface area contributed by atoms with Gasteiger partial charge in [-0.25, -0.2) is 13.4 Å². The fourth-order valence-corrected chi connectivity index (χ4v) is 9.35. The summed E-state index contributed by atoms with van der Waals surface area (Å²) in [6.45, 7) is 14.9. The summed E-state index contributed by atoms with van der Waals surface area (Å²) in [5.74, 6) is 0.0541. The molecular weight excluding hydrogens is 933 g/mol. The molecule has 8 rings (SSSR count). The molecule has 2 saturated heterocycles. The molecule has 0 radical (unpaired) electrons. The number of rotatable bonds is 19. The van der Waals surface area contributed by atoms with Gasteiger partial charge in [-0.2, -0.15) is 9.40 Å². The van der Waals surface area contributed by atoms with E-state index >= 15 is 0 Å². The maximum atomic E-state index is 13.6. The van der Waals surface area contributed by atoms with Crippen LogP contribution in [0.4, 0.5) is 0 Å². The Labute approximate surface area is 413 Å². The van der Waals surface area contributed by atoms with Crippen LogP contribution >= 0.6 is 0 Å². The minimum Gasteiger partial charge on any atom is -0.493 e. The maximum Gasteiger partial charge on any atom is 0.303 e. The number of ether oxygens (including phenoxy) is 4. The van der Waals surface area contributed by atoms with Crippen molar-refractivity contribution in [1.29, 1.82) is 0 Å². The van der Waals surface area contributed by atoms with Gasteiger partial charge in [0.1, 0.15) is 23.2 Å². The summed E-state index contributed by atoms with van der Waals surface area (Å²) in [4.78, 5) is 46.9. The number of hydrogen-bond donors (Lipinski definition) is 4. The predicted molar refractivity (Wildman–Crippen MR) is 267 cm³/mol. The van der Waals surface area contributed by atoms with Crippen LogP contribution in [0.25, 0.3) is 22.4 Å². The number of aliphatic carboxylic acids is 2. The lowest BCUT2D eigenvalue weighted by Crippen LogP contribution is -2.48. The predicted octanol–water partition coefficient (Wildman–Crippen LogP) is 6.04. The van der Waals surface area contributed by atoms with Crippen LogP contribution in [0.5, 0.6) is 17.2 Å². The Kier molecular flexibility index (Phi) is 20.0. The number of benzene rings is 3. The molecule has 380 valence electrons. The van der Waals surface area contributed by atoms with Gasteiger partial charge in [0.15, 0.2) is 23.1 Å². The number of carboxylic acids is 2. The second-order valence-electron chi connectivity index (χ2n) is 16.5. The highest BCUT2D eigenvalue weighted by atomic mass is 32.2. The molecule has 71 heavy (non-hydrogen) atoms. The molecule has 2 aliphatic rings. The highest BCUT2D eigenvalue weighted by Crippen LogP contribution is 2.35. The number of morpholine rings is 1. The molecule has 19 nitrogen and oxygen atoms in total. The van der Waals surface area contributed by atoms with Gasteiger partial charge in [-0.3, -0.25) is 24.0 Å². The lowest BCUT2D eigenvalue weighted by Gasteiger charge is -2.33. The Morgan fingerprint density at radius 3 is 2.17 bits per heavy atom. The number of sulfonamides is 1. The molecule has 2 aliphatic heterocycles. The van der Waals surface area contributed by atoms with Gasteiger partial charge in [0.05, 0.1) is 61.1 Å². The number of nitrogens with zero attached hydrogens (tertiary/aromatic N) is 6. The molecule has 6 aromatic rings. The van der Waals surface area contributed by atoms with Crippen molar-refractivity contribution < 1.29 is 47.2 Å². The number of carbonyl (C=O) groups is 2. The third-order valence-electron chi connectivity index (χ3n) is 11.5. The molecule has 2 fully saturated rings. The van der Waals surface area contributed by atoms with E-state index in [-0.39, 0.29) is 41.3 Å². The molecule has 3 aromatic carbocycles. The zero-order valence-electron chi connectivity index (χ0n) is 40.7. The van der Waals surface area contributed by atoms with E-state index in [1.807, 2.05) is 81.4 Å². The first kappa shape index (κ1) is 53.6. The Morgan fingerprint density at radius 1 is 0.845 bits per heavy atom. The number of piperazine rings is 1. The van der Waals surface area contributed by atoms with Crippen LogP contribution in [-0.2, 0) is 37.3 Å². The van der Waals surface area contributed by atoms with Gasteiger partial charge in [-0.1, -0.05) is 69.3 Å². The van der Waals surface area contributed by atoms with Crippen LogP contribution in [-0.4, -0.2) is 136 Å². The van der Waals surface area contributed by atoms with E-state index in [1.54, 1.807) is 29.1 Å². The van der Waals surface area contributed by atoms with Crippen LogP contribution < -0.4 is 25.1 Å². The minimum atomic E-state index is -3.75. The summed E-state index contributed by atoms with van der Waals surface area (Å²) < 4.78 is 54.4. The quantitative estimate of drug-likeness (QED) is 0.0724. The second kappa shape index (κ2) is 26.5. The van der Waals surface area contributed by atoms with Crippen LogP contribution in [0.1, 0.15) is 70.0 Å². The summed E-state index contributed by atoms with van der Waals surface area (Å²) in [6.07, 6.45) is 2.29. The highest BCUT2D eigenvalue weighted by Gasteiger charge is 2.31. The summed E-state index contributed by atoms with van der Waals surface area (Å²) in [5.41, 5.74) is 3.43. The molecule has 2 atom stereocenters. The van der Waals surface area contributed by atoms with E-state index in [0.29, 0.717) is 75.8 Å². The number of aromatic nitrogens is 5. The van der Waals surface area contributed by atoms with Crippen LogP contribution in [0.3, 0.4) is 0 Å². The smallest absolute Gasteiger partial charge is 0.303 e. The van der Waals surface area contributed by atoms with E-state index in [0.717, 1.165) is 54.5 Å². The van der Waals surface area contributed by atoms with Gasteiger partial charge in [-0.15, -0.1) is 0 Å². The number of hydrogen-bond acceptors (Lipinski definition) is 14. The first-order chi connectivity index (χ1) is 34.4. The fourth-order valence-electron chi connectivity index (χ4n) is 7.90. The molecule has 0 saturated carbocycles. The van der Waals surface area contributed by atoms with Crippen molar-refractivity contribution in [2.45, 2.75) is 77.0 Å². The SMILES string of the molecule is CCCOc1ccc(S(=O)(=O)N2CCN(CC)CC2)cc1-c1nc2c(CC)n(Cc3ccccn3)nc2c(=O)[nH]1.CCOc1ccccc1O[C@H](c1ccccc1)[C@@H]1CNCCO1.O=C(O)CCC(=O)O. The topological polar surface area (TPSA) is 241 Å². The molecule has 5 heterocycles. The van der Waals surface area contributed by atoms with Crippen LogP contribution in [0.15, 0.2) is 107 Å². The zero-order valence-corrected chi connectivity index (χ0v) is 41.5. The Morgan fingerprint density at radius 2 is 1.55 bits per heavy atom. The molecular formula is C51H64N8O11S. The van der Waals surface area contributed by atoms with Crippen molar-refractivity contribution in [3.8, 4) is 28.6 Å². The van der Waals surface area contributed by atoms with Crippen molar-refractivity contribution in [2.24, 2.45) is 0 Å². The van der Waals surface area contributed by atoms with Crippen molar-refractivity contribution >= 4 is 33.0 Å². The third kappa shape index (κ3) is 14.7. The molecule has 3 aromatic heterocycles. The maximum absolute atomic E-state index is 13.6. The molecule has 0 spiro atoms. The molecule has 4 N–H and O–H groups in total. The van der Waals surface area contributed by atoms with Gasteiger partial charge in [0, 0.05) is 45.5 Å². The average molecular weight is 997 g/mol. The number of fused-ring (bicyclic) bond motifs is 1. The molecule has 0 unspecified atom stereocenters. The van der Waals surface area contributed by atoms with Crippen molar-refractivity contribution in [3.63, 3.8) is 0 Å². The standard InChI is InChI=1S/C28H35N7O4S.C19H23NO3.C4H6O4/c1-4-17-39-24-11-10-21(40(37,38)34-15-13-33(6-3)14-16-34)18-22(24)27-30-25-23(5-2)35(32-26(25)28(36)31-27)19-20-9-7-8-12-29-20;1-2-21-16-10-6-7-11-17(16)23-19(15-8-4-3-5-9-15)18-14-20-12-13-22-18;5-3(6)1-2-4(7)8/h7-12,18H,4-6,13-17,19H2,1-3H3,(H,30,31,36);3-11,18-20H,2,12-14H2,1H3;1-2H2,(H,5,6)(H,7,8)/t;18-,19+;/m.0./s1. The summed E-state index contributed by atoms with van der Waals surface area (Å²) in [5, 5.41) is 23.7. The van der Waals surface area contributed by atoms with E-state index in [1.165, 1.54) is 4.31 Å². The van der Waals surface area contributed by atoms with Crippen molar-refractivity contribution in [2.75, 3.05) is 65.6 Å². The summed E-state index contributed by atoms with van der Waals surface area (Å²) in [6, 6.07) is 28.4. The van der Waals surface area contributed by atoms with E-state index in [9.17, 15) is 22.8 Å². The molecule has 0 amide bonds. The number of H-pyrrole nitrogens is 1. The number of likely N-dealkylation sites (N-methyl/N-ethyl adjacent to an activating group) is 1. The first-order valence-electron chi connectivity index (χ1n) is 23.9. The Balaban J connectivity index is 0.000000223. The monoisotopic (exact) mass is 996 g/mol. The minimum absolute atomic E-state index is 0.0270. The number of nitrogens with one attached hydrogen (secondary N) is 2. The lowest BCUT2D eigenvalue weighted by atomic mass is 10.0. The Bertz CT molecular complexity index is 2800. The third-order valence-corrected chi connectivity index (χ3v) is 13.4. The van der Waals surface area contributed by atoms with Gasteiger partial charge >= 0.3 is 11.9 Å². The summed E-state index contributed by atoms with van der Waals surface area (Å²) in [7, 11) is -3.75. The fraction of sp³-hybridized carbons (Fsp3) is 0.412. The van der Waals surface area contributed by atoms with E-state index < -0.39 is 27.5 Å².